The summed E-state index contributed by atoms with van der Waals surface area (Å²) in [5, 5.41) is 22.5. The Bertz CT molecular complexity index is 1260. The third-order valence-electron chi connectivity index (χ3n) is 5.19. The first-order valence-electron chi connectivity index (χ1n) is 10.5. The van der Waals surface area contributed by atoms with Crippen molar-refractivity contribution in [3.8, 4) is 16.9 Å². The number of nitrogens with one attached hydrogen (secondary N) is 3. The Hall–Kier alpha value is -4.34. The summed E-state index contributed by atoms with van der Waals surface area (Å²) in [4.78, 5) is 25.8. The molecule has 0 saturated heterocycles. The Balaban J connectivity index is 1.83. The second kappa shape index (κ2) is 10.3. The molecule has 1 unspecified atom stereocenters. The van der Waals surface area contributed by atoms with E-state index in [2.05, 4.69) is 10.6 Å². The molecule has 0 aliphatic rings. The van der Waals surface area contributed by atoms with Gasteiger partial charge in [0.05, 0.1) is 7.11 Å². The number of rotatable bonds is 8. The first kappa shape index (κ1) is 25.3. The number of pyridine rings is 1. The molecule has 1 heterocycles. The lowest BCUT2D eigenvalue weighted by Crippen LogP contribution is -2.38. The maximum atomic E-state index is 13.6. The standard InChI is InChI=1S/C25H24F2N4O4/c1-15(28)22(23(32)29-18-6-4-5-17(13-18)25(2,26)27)24(33)30-19-7-8-21(35-3)20(14-19)16-9-11-31(34)12-10-16/h4-14,22,28H,1-3H3,(H2-,29,30,32,33,34)/p+1. The van der Waals surface area contributed by atoms with Crippen LogP contribution in [-0.2, 0) is 15.5 Å². The predicted octanol–water partition coefficient (Wildman–Crippen LogP) is 4.23. The minimum Gasteiger partial charge on any atom is -0.496 e. The van der Waals surface area contributed by atoms with Crippen molar-refractivity contribution in [2.75, 3.05) is 17.7 Å². The van der Waals surface area contributed by atoms with E-state index >= 15 is 0 Å². The van der Waals surface area contributed by atoms with Gasteiger partial charge in [0.1, 0.15) is 5.75 Å². The van der Waals surface area contributed by atoms with Gasteiger partial charge in [-0.15, -0.1) is 0 Å². The largest absolute Gasteiger partial charge is 0.496 e. The number of hydrogen-bond acceptors (Lipinski definition) is 5. The summed E-state index contributed by atoms with van der Waals surface area (Å²) in [6.07, 6.45) is 2.87. The monoisotopic (exact) mass is 483 g/mol. The normalized spacial score (nSPS) is 11.9. The molecular formula is C25H25F2N4O4+. The van der Waals surface area contributed by atoms with Crippen LogP contribution >= 0.6 is 0 Å². The second-order valence-electron chi connectivity index (χ2n) is 7.95. The molecule has 4 N–H and O–H groups in total. The molecule has 0 spiro atoms. The zero-order valence-corrected chi connectivity index (χ0v) is 19.3. The Morgan fingerprint density at radius 3 is 2.17 bits per heavy atom. The Labute approximate surface area is 200 Å². The molecular weight excluding hydrogens is 458 g/mol. The minimum absolute atomic E-state index is 0.0880. The highest BCUT2D eigenvalue weighted by molar-refractivity contribution is 6.24. The highest BCUT2D eigenvalue weighted by Gasteiger charge is 2.30. The lowest BCUT2D eigenvalue weighted by molar-refractivity contribution is -0.904. The molecule has 35 heavy (non-hydrogen) atoms. The number of carbonyl (C=O) groups excluding carboxylic acids is 2. The number of halogens is 2. The molecule has 0 aliphatic heterocycles. The number of alkyl halides is 2. The van der Waals surface area contributed by atoms with E-state index in [1.807, 2.05) is 0 Å². The van der Waals surface area contributed by atoms with Crippen LogP contribution in [0.1, 0.15) is 19.4 Å². The van der Waals surface area contributed by atoms with Crippen molar-refractivity contribution in [2.45, 2.75) is 19.8 Å². The van der Waals surface area contributed by atoms with Crippen LogP contribution in [0.15, 0.2) is 67.0 Å². The molecule has 2 aromatic carbocycles. The average Bonchev–Trinajstić information content (AvgIpc) is 2.79. The van der Waals surface area contributed by atoms with Crippen molar-refractivity contribution in [3.63, 3.8) is 0 Å². The lowest BCUT2D eigenvalue weighted by Gasteiger charge is -2.18. The van der Waals surface area contributed by atoms with E-state index in [4.69, 9.17) is 10.1 Å². The van der Waals surface area contributed by atoms with E-state index in [9.17, 15) is 23.6 Å². The van der Waals surface area contributed by atoms with E-state index in [1.165, 1.54) is 44.6 Å². The summed E-state index contributed by atoms with van der Waals surface area (Å²) < 4.78 is 33.5. The lowest BCUT2D eigenvalue weighted by atomic mass is 10.0. The van der Waals surface area contributed by atoms with Crippen LogP contribution < -0.4 is 20.1 Å². The molecule has 2 amide bonds. The summed E-state index contributed by atoms with van der Waals surface area (Å²) in [5.74, 6) is -5.66. The van der Waals surface area contributed by atoms with Gasteiger partial charge in [-0.3, -0.25) is 14.8 Å². The first-order valence-corrected chi connectivity index (χ1v) is 10.5. The van der Waals surface area contributed by atoms with E-state index in [1.54, 1.807) is 30.3 Å². The Kier molecular flexibility index (Phi) is 7.43. The van der Waals surface area contributed by atoms with Crippen molar-refractivity contribution in [1.82, 2.24) is 0 Å². The molecule has 0 aliphatic carbocycles. The number of hydrogen-bond donors (Lipinski definition) is 4. The van der Waals surface area contributed by atoms with Gasteiger partial charge in [0.2, 0.25) is 24.2 Å². The van der Waals surface area contributed by atoms with Gasteiger partial charge in [-0.25, -0.2) is 8.78 Å². The number of amides is 2. The highest BCUT2D eigenvalue weighted by Crippen LogP contribution is 2.32. The maximum Gasteiger partial charge on any atom is 0.270 e. The summed E-state index contributed by atoms with van der Waals surface area (Å²) in [5.41, 5.74) is 1.25. The van der Waals surface area contributed by atoms with Crippen molar-refractivity contribution in [1.29, 1.82) is 5.41 Å². The molecule has 8 nitrogen and oxygen atoms in total. The molecule has 3 rings (SSSR count). The van der Waals surface area contributed by atoms with Crippen LogP contribution in [0.25, 0.3) is 11.1 Å². The Morgan fingerprint density at radius 2 is 1.63 bits per heavy atom. The first-order chi connectivity index (χ1) is 16.5. The number of methoxy groups -OCH3 is 1. The minimum atomic E-state index is -3.10. The fourth-order valence-electron chi connectivity index (χ4n) is 3.42. The van der Waals surface area contributed by atoms with Gasteiger partial charge in [0, 0.05) is 52.0 Å². The van der Waals surface area contributed by atoms with Crippen molar-refractivity contribution in [3.05, 3.63) is 72.6 Å². The zero-order chi connectivity index (χ0) is 25.8. The molecule has 182 valence electrons. The zero-order valence-electron chi connectivity index (χ0n) is 19.3. The van der Waals surface area contributed by atoms with Gasteiger partial charge < -0.3 is 20.8 Å². The number of ether oxygens (including phenoxy) is 1. The van der Waals surface area contributed by atoms with E-state index < -0.39 is 23.7 Å². The van der Waals surface area contributed by atoms with Crippen LogP contribution in [0, 0.1) is 11.3 Å². The molecule has 3 aromatic rings. The number of nitrogens with zero attached hydrogens (tertiary/aromatic N) is 1. The maximum absolute atomic E-state index is 13.6. The van der Waals surface area contributed by atoms with Gasteiger partial charge >= 0.3 is 0 Å². The molecule has 1 atom stereocenters. The summed E-state index contributed by atoms with van der Waals surface area (Å²) in [7, 11) is 1.49. The fourth-order valence-corrected chi connectivity index (χ4v) is 3.42. The molecule has 0 bridgehead atoms. The smallest absolute Gasteiger partial charge is 0.270 e. The molecule has 0 radical (unpaired) electrons. The van der Waals surface area contributed by atoms with Crippen LogP contribution in [0.3, 0.4) is 0 Å². The highest BCUT2D eigenvalue weighted by atomic mass is 19.3. The predicted molar refractivity (Wildman–Crippen MR) is 126 cm³/mol. The van der Waals surface area contributed by atoms with E-state index in [0.29, 0.717) is 22.6 Å². The quantitative estimate of drug-likeness (QED) is 0.166. The van der Waals surface area contributed by atoms with Gasteiger partial charge in [0.15, 0.2) is 5.92 Å². The van der Waals surface area contributed by atoms with Gasteiger partial charge in [-0.2, -0.15) is 0 Å². The molecule has 10 heteroatoms. The number of carbonyl (C=O) groups is 2. The van der Waals surface area contributed by atoms with Crippen molar-refractivity contribution < 1.29 is 33.0 Å². The van der Waals surface area contributed by atoms with Crippen LogP contribution in [0.5, 0.6) is 5.75 Å². The average molecular weight is 483 g/mol. The molecule has 0 fully saturated rings. The van der Waals surface area contributed by atoms with Gasteiger partial charge in [0.25, 0.3) is 5.92 Å². The summed E-state index contributed by atoms with van der Waals surface area (Å²) >= 11 is 0. The SMILES string of the molecule is COc1ccc(NC(=O)C(C(C)=N)C(=O)Nc2cccc(C(C)(F)F)c2)cc1-c1cc[n+](O)cc1. The fraction of sp³-hybridized carbons (Fsp3) is 0.200. The third kappa shape index (κ3) is 6.17. The number of benzene rings is 2. The van der Waals surface area contributed by atoms with Crippen molar-refractivity contribution in [2.24, 2.45) is 5.92 Å². The number of aromatic nitrogens is 1. The summed E-state index contributed by atoms with van der Waals surface area (Å²) in [6, 6.07) is 13.3. The van der Waals surface area contributed by atoms with Gasteiger partial charge in [-0.1, -0.05) is 12.1 Å². The Morgan fingerprint density at radius 1 is 1.03 bits per heavy atom. The van der Waals surface area contributed by atoms with Crippen LogP contribution in [0.4, 0.5) is 20.2 Å². The number of anilines is 2. The second-order valence-corrected chi connectivity index (χ2v) is 7.95. The molecule has 0 saturated carbocycles. The van der Waals surface area contributed by atoms with Crippen LogP contribution in [0.2, 0.25) is 0 Å². The molecule has 1 aromatic heterocycles. The van der Waals surface area contributed by atoms with Crippen LogP contribution in [-0.4, -0.2) is 29.8 Å². The van der Waals surface area contributed by atoms with E-state index in [-0.39, 0.29) is 17.0 Å². The third-order valence-corrected chi connectivity index (χ3v) is 5.19. The van der Waals surface area contributed by atoms with E-state index in [0.717, 1.165) is 17.7 Å². The van der Waals surface area contributed by atoms with Gasteiger partial charge in [-0.05, 0) is 42.8 Å². The summed E-state index contributed by atoms with van der Waals surface area (Å²) in [6.45, 7) is 2.06. The topological polar surface area (TPSA) is 115 Å². The van der Waals surface area contributed by atoms with Crippen molar-refractivity contribution >= 4 is 28.9 Å².